The van der Waals surface area contributed by atoms with Crippen LogP contribution in [0.2, 0.25) is 5.02 Å². The first kappa shape index (κ1) is 12.0. The molecule has 86 valence electrons. The third-order valence-corrected chi connectivity index (χ3v) is 4.14. The van der Waals surface area contributed by atoms with Gasteiger partial charge in [-0.3, -0.25) is 0 Å². The van der Waals surface area contributed by atoms with Gasteiger partial charge in [-0.1, -0.05) is 35.5 Å². The summed E-state index contributed by atoms with van der Waals surface area (Å²) in [6, 6.07) is 8.13. The zero-order valence-corrected chi connectivity index (χ0v) is 11.2. The fourth-order valence-electron chi connectivity index (χ4n) is 2.14. The zero-order chi connectivity index (χ0) is 11.4. The van der Waals surface area contributed by atoms with E-state index in [2.05, 4.69) is 23.0 Å². The molecule has 0 amide bonds. The molecule has 0 aliphatic carbocycles. The van der Waals surface area contributed by atoms with Gasteiger partial charge in [-0.05, 0) is 24.8 Å². The Morgan fingerprint density at radius 2 is 1.88 bits per heavy atom. The molecule has 1 saturated heterocycles. The second-order valence-electron chi connectivity index (χ2n) is 4.04. The van der Waals surface area contributed by atoms with Gasteiger partial charge in [-0.15, -0.1) is 0 Å². The van der Waals surface area contributed by atoms with Crippen LogP contribution in [0.4, 0.5) is 0 Å². The molecule has 2 rings (SSSR count). The Labute approximate surface area is 107 Å². The van der Waals surface area contributed by atoms with E-state index in [4.69, 9.17) is 11.6 Å². The van der Waals surface area contributed by atoms with Gasteiger partial charge in [-0.2, -0.15) is 0 Å². The summed E-state index contributed by atoms with van der Waals surface area (Å²) in [4.78, 5) is 0. The van der Waals surface area contributed by atoms with Crippen molar-refractivity contribution in [1.29, 1.82) is 0 Å². The van der Waals surface area contributed by atoms with Gasteiger partial charge in [0, 0.05) is 12.8 Å². The van der Waals surface area contributed by atoms with Crippen LogP contribution in [0.1, 0.15) is 24.8 Å². The average molecular weight is 255 g/mol. The highest BCUT2D eigenvalue weighted by molar-refractivity contribution is 8.13. The molecule has 1 aliphatic rings. The van der Waals surface area contributed by atoms with E-state index >= 15 is 0 Å². The molecule has 16 heavy (non-hydrogen) atoms. The summed E-state index contributed by atoms with van der Waals surface area (Å²) in [5, 5.41) is 2.18. The first-order chi connectivity index (χ1) is 7.83. The molecule has 0 unspecified atom stereocenters. The molecule has 1 fully saturated rings. The van der Waals surface area contributed by atoms with Crippen LogP contribution in [0.5, 0.6) is 0 Å². The predicted molar refractivity (Wildman–Crippen MR) is 72.9 cm³/mol. The summed E-state index contributed by atoms with van der Waals surface area (Å²) in [6.07, 6.45) is 6.09. The monoisotopic (exact) mass is 254 g/mol. The second kappa shape index (κ2) is 5.74. The van der Waals surface area contributed by atoms with Crippen molar-refractivity contribution >= 4 is 28.4 Å². The van der Waals surface area contributed by atoms with Crippen LogP contribution in [-0.2, 0) is 0 Å². The van der Waals surface area contributed by atoms with Crippen LogP contribution < -0.4 is 0 Å². The van der Waals surface area contributed by atoms with E-state index in [0.717, 1.165) is 5.02 Å². The lowest BCUT2D eigenvalue weighted by Gasteiger charge is -2.13. The summed E-state index contributed by atoms with van der Waals surface area (Å²) in [6.45, 7) is 2.34. The molecule has 0 spiro atoms. The molecule has 0 atom stereocenters. The van der Waals surface area contributed by atoms with E-state index in [0.29, 0.717) is 0 Å². The van der Waals surface area contributed by atoms with Crippen LogP contribution in [0.25, 0.3) is 0 Å². The Bertz CT molecular complexity index is 393. The number of nitrogens with zero attached hydrogens (tertiary/aromatic N) is 1. The van der Waals surface area contributed by atoms with Crippen LogP contribution in [0.15, 0.2) is 24.3 Å². The largest absolute Gasteiger partial charge is 0.243 e. The van der Waals surface area contributed by atoms with Crippen molar-refractivity contribution in [2.24, 2.45) is 0 Å². The number of benzene rings is 1. The Balaban J connectivity index is 2.38. The molecule has 1 aromatic carbocycles. The SMILES string of the molecule is CSC(c1ccccc1Cl)=[N+]1CCCCC1. The topological polar surface area (TPSA) is 3.01 Å². The standard InChI is InChI=1S/C13H17ClNS/c1-16-13(15-9-5-2-6-10-15)11-7-3-4-8-12(11)14/h3-4,7-8H,2,5-6,9-10H2,1H3/q+1. The highest BCUT2D eigenvalue weighted by Gasteiger charge is 2.20. The van der Waals surface area contributed by atoms with Crippen LogP contribution in [-0.4, -0.2) is 29.0 Å². The molecular weight excluding hydrogens is 238 g/mol. The normalized spacial score (nSPS) is 16.2. The number of thioether (sulfide) groups is 1. The van der Waals surface area contributed by atoms with Crippen LogP contribution >= 0.6 is 23.4 Å². The van der Waals surface area contributed by atoms with Crippen molar-refractivity contribution < 1.29 is 4.58 Å². The van der Waals surface area contributed by atoms with Crippen molar-refractivity contribution in [3.05, 3.63) is 34.9 Å². The Kier molecular flexibility index (Phi) is 4.30. The lowest BCUT2D eigenvalue weighted by atomic mass is 10.1. The number of piperidine rings is 1. The Morgan fingerprint density at radius 1 is 1.19 bits per heavy atom. The lowest BCUT2D eigenvalue weighted by Crippen LogP contribution is -2.26. The number of hydrogen-bond acceptors (Lipinski definition) is 1. The molecule has 1 aromatic rings. The first-order valence-electron chi connectivity index (χ1n) is 5.73. The fraction of sp³-hybridized carbons (Fsp3) is 0.462. The van der Waals surface area contributed by atoms with E-state index in [1.165, 1.54) is 43.0 Å². The van der Waals surface area contributed by atoms with Gasteiger partial charge in [0.1, 0.15) is 13.1 Å². The second-order valence-corrected chi connectivity index (χ2v) is 5.24. The summed E-state index contributed by atoms with van der Waals surface area (Å²) in [5.41, 5.74) is 1.18. The number of hydrogen-bond donors (Lipinski definition) is 0. The first-order valence-corrected chi connectivity index (χ1v) is 7.34. The van der Waals surface area contributed by atoms with Gasteiger partial charge in [-0.25, -0.2) is 4.58 Å². The van der Waals surface area contributed by atoms with E-state index in [-0.39, 0.29) is 0 Å². The maximum atomic E-state index is 6.26. The zero-order valence-electron chi connectivity index (χ0n) is 9.58. The van der Waals surface area contributed by atoms with Gasteiger partial charge in [0.2, 0.25) is 5.04 Å². The van der Waals surface area contributed by atoms with Gasteiger partial charge >= 0.3 is 0 Å². The fourth-order valence-corrected chi connectivity index (χ4v) is 3.26. The highest BCUT2D eigenvalue weighted by Crippen LogP contribution is 2.21. The quantitative estimate of drug-likeness (QED) is 0.546. The van der Waals surface area contributed by atoms with Crippen LogP contribution in [0, 0.1) is 0 Å². The van der Waals surface area contributed by atoms with Crippen molar-refractivity contribution in [1.82, 2.24) is 0 Å². The van der Waals surface area contributed by atoms with Gasteiger partial charge in [0.15, 0.2) is 0 Å². The molecule has 0 bridgehead atoms. The van der Waals surface area contributed by atoms with E-state index < -0.39 is 0 Å². The van der Waals surface area contributed by atoms with Crippen molar-refractivity contribution in [2.75, 3.05) is 19.3 Å². The minimum absolute atomic E-state index is 0.859. The summed E-state index contributed by atoms with van der Waals surface area (Å²) in [7, 11) is 0. The summed E-state index contributed by atoms with van der Waals surface area (Å²) < 4.78 is 2.47. The molecule has 0 radical (unpaired) electrons. The molecule has 1 heterocycles. The number of rotatable bonds is 1. The van der Waals surface area contributed by atoms with Gasteiger partial charge in [0.25, 0.3) is 0 Å². The summed E-state index contributed by atoms with van der Waals surface area (Å²) in [5.74, 6) is 0. The maximum absolute atomic E-state index is 6.26. The molecule has 0 N–H and O–H groups in total. The van der Waals surface area contributed by atoms with Crippen LogP contribution in [0.3, 0.4) is 0 Å². The maximum Gasteiger partial charge on any atom is 0.243 e. The minimum atomic E-state index is 0.859. The molecule has 0 saturated carbocycles. The molecule has 3 heteroatoms. The van der Waals surface area contributed by atoms with Gasteiger partial charge < -0.3 is 0 Å². The summed E-state index contributed by atoms with van der Waals surface area (Å²) >= 11 is 8.06. The van der Waals surface area contributed by atoms with Gasteiger partial charge in [0.05, 0.1) is 10.6 Å². The Hall–Kier alpha value is -0.470. The van der Waals surface area contributed by atoms with Crippen molar-refractivity contribution in [3.8, 4) is 0 Å². The smallest absolute Gasteiger partial charge is 0.224 e. The Morgan fingerprint density at radius 3 is 2.50 bits per heavy atom. The third kappa shape index (κ3) is 2.61. The van der Waals surface area contributed by atoms with E-state index in [9.17, 15) is 0 Å². The molecule has 1 aliphatic heterocycles. The highest BCUT2D eigenvalue weighted by atomic mass is 35.5. The van der Waals surface area contributed by atoms with E-state index in [1.807, 2.05) is 12.1 Å². The van der Waals surface area contributed by atoms with E-state index in [1.54, 1.807) is 11.8 Å². The minimum Gasteiger partial charge on any atom is -0.224 e. The molecule has 0 aromatic heterocycles. The molecule has 1 nitrogen and oxygen atoms in total. The van der Waals surface area contributed by atoms with Crippen molar-refractivity contribution in [3.63, 3.8) is 0 Å². The number of halogens is 1. The lowest BCUT2D eigenvalue weighted by molar-refractivity contribution is -0.534. The predicted octanol–water partition coefficient (Wildman–Crippen LogP) is 3.65. The van der Waals surface area contributed by atoms with Crippen molar-refractivity contribution in [2.45, 2.75) is 19.3 Å². The average Bonchev–Trinajstić information content (AvgIpc) is 2.34. The molecular formula is C13H17ClNS+. The third-order valence-electron chi connectivity index (χ3n) is 2.94.